The molecule has 0 aliphatic rings. The lowest BCUT2D eigenvalue weighted by Gasteiger charge is -2.17. The van der Waals surface area contributed by atoms with Crippen LogP contribution in [0.3, 0.4) is 0 Å². The second-order valence-electron chi connectivity index (χ2n) is 4.99. The van der Waals surface area contributed by atoms with Gasteiger partial charge in [-0.05, 0) is 31.5 Å². The Balaban J connectivity index is 3.05. The Kier molecular flexibility index (Phi) is 7.43. The maximum Gasteiger partial charge on any atom is 0.337 e. The molecular formula is C14H22N2O6S. The molecule has 0 spiro atoms. The van der Waals surface area contributed by atoms with E-state index in [2.05, 4.69) is 10.0 Å². The zero-order valence-electron chi connectivity index (χ0n) is 13.1. The number of benzene rings is 1. The van der Waals surface area contributed by atoms with Gasteiger partial charge in [0.25, 0.3) is 0 Å². The highest BCUT2D eigenvalue weighted by Crippen LogP contribution is 2.21. The fourth-order valence-electron chi connectivity index (χ4n) is 1.92. The number of carboxylic acid groups (broad SMARTS) is 1. The van der Waals surface area contributed by atoms with Crippen LogP contribution in [0.15, 0.2) is 23.1 Å². The lowest BCUT2D eigenvalue weighted by molar-refractivity contribution is 0.0697. The highest BCUT2D eigenvalue weighted by Gasteiger charge is 2.19. The van der Waals surface area contributed by atoms with Crippen molar-refractivity contribution in [3.05, 3.63) is 23.8 Å². The molecule has 8 nitrogen and oxygen atoms in total. The molecule has 0 aromatic heterocycles. The minimum absolute atomic E-state index is 0.0755. The standard InChI is InChI=1S/C14H22N2O6S/c1-10(9-22-2)16-13-5-4-11(8-12(13)14(18)19)23(20,21)15-6-3-7-17/h4-5,8,10,15-17H,3,6-7,9H2,1-2H3,(H,18,19)/t10-/m1/s1. The van der Waals surface area contributed by atoms with Gasteiger partial charge < -0.3 is 20.3 Å². The Morgan fingerprint density at radius 1 is 1.39 bits per heavy atom. The maximum atomic E-state index is 12.1. The molecular weight excluding hydrogens is 324 g/mol. The number of aromatic carboxylic acids is 1. The molecule has 1 aromatic carbocycles. The molecule has 130 valence electrons. The van der Waals surface area contributed by atoms with E-state index in [1.165, 1.54) is 19.2 Å². The first-order chi connectivity index (χ1) is 10.8. The maximum absolute atomic E-state index is 12.1. The van der Waals surface area contributed by atoms with Gasteiger partial charge in [0, 0.05) is 32.0 Å². The summed E-state index contributed by atoms with van der Waals surface area (Å²) in [5.74, 6) is -1.23. The predicted molar refractivity (Wildman–Crippen MR) is 85.3 cm³/mol. The van der Waals surface area contributed by atoms with Crippen LogP contribution in [0, 0.1) is 0 Å². The summed E-state index contributed by atoms with van der Waals surface area (Å²) in [4.78, 5) is 11.2. The van der Waals surface area contributed by atoms with Gasteiger partial charge in [0.1, 0.15) is 0 Å². The van der Waals surface area contributed by atoms with Gasteiger partial charge in [0.2, 0.25) is 10.0 Å². The van der Waals surface area contributed by atoms with E-state index < -0.39 is 16.0 Å². The van der Waals surface area contributed by atoms with E-state index in [1.807, 2.05) is 6.92 Å². The van der Waals surface area contributed by atoms with E-state index in [9.17, 15) is 18.3 Å². The summed E-state index contributed by atoms with van der Waals surface area (Å²) in [7, 11) is -2.29. The first kappa shape index (κ1) is 19.4. The van der Waals surface area contributed by atoms with Crippen LogP contribution in [0.1, 0.15) is 23.7 Å². The zero-order chi connectivity index (χ0) is 17.5. The molecule has 1 atom stereocenters. The van der Waals surface area contributed by atoms with Crippen molar-refractivity contribution < 1.29 is 28.2 Å². The lowest BCUT2D eigenvalue weighted by Crippen LogP contribution is -2.26. The first-order valence-electron chi connectivity index (χ1n) is 7.05. The predicted octanol–water partition coefficient (Wildman–Crippen LogP) is 0.492. The quantitative estimate of drug-likeness (QED) is 0.454. The largest absolute Gasteiger partial charge is 0.478 e. The van der Waals surface area contributed by atoms with Crippen LogP contribution in [-0.2, 0) is 14.8 Å². The molecule has 4 N–H and O–H groups in total. The van der Waals surface area contributed by atoms with Crippen molar-refractivity contribution in [3.8, 4) is 0 Å². The Hall–Kier alpha value is -1.68. The molecule has 0 aliphatic heterocycles. The van der Waals surface area contributed by atoms with E-state index in [1.54, 1.807) is 0 Å². The van der Waals surface area contributed by atoms with Gasteiger partial charge >= 0.3 is 5.97 Å². The van der Waals surface area contributed by atoms with Crippen molar-refractivity contribution in [1.82, 2.24) is 4.72 Å². The van der Waals surface area contributed by atoms with Crippen molar-refractivity contribution in [2.45, 2.75) is 24.3 Å². The lowest BCUT2D eigenvalue weighted by atomic mass is 10.1. The number of carbonyl (C=O) groups is 1. The molecule has 0 amide bonds. The molecule has 0 saturated carbocycles. The molecule has 0 heterocycles. The molecule has 23 heavy (non-hydrogen) atoms. The van der Waals surface area contributed by atoms with Crippen molar-refractivity contribution in [2.75, 3.05) is 32.2 Å². The number of nitrogens with one attached hydrogen (secondary N) is 2. The first-order valence-corrected chi connectivity index (χ1v) is 8.53. The van der Waals surface area contributed by atoms with E-state index in [0.29, 0.717) is 12.3 Å². The highest BCUT2D eigenvalue weighted by atomic mass is 32.2. The van der Waals surface area contributed by atoms with E-state index in [-0.39, 0.29) is 36.1 Å². The molecule has 0 radical (unpaired) electrons. The highest BCUT2D eigenvalue weighted by molar-refractivity contribution is 7.89. The van der Waals surface area contributed by atoms with E-state index >= 15 is 0 Å². The molecule has 0 unspecified atom stereocenters. The van der Waals surface area contributed by atoms with Crippen molar-refractivity contribution in [3.63, 3.8) is 0 Å². The van der Waals surface area contributed by atoms with Crippen molar-refractivity contribution >= 4 is 21.7 Å². The Morgan fingerprint density at radius 3 is 2.65 bits per heavy atom. The number of rotatable bonds is 10. The van der Waals surface area contributed by atoms with E-state index in [0.717, 1.165) is 6.07 Å². The normalized spacial score (nSPS) is 12.8. The van der Waals surface area contributed by atoms with E-state index in [4.69, 9.17) is 9.84 Å². The minimum atomic E-state index is -3.82. The summed E-state index contributed by atoms with van der Waals surface area (Å²) in [6.45, 7) is 2.13. The Morgan fingerprint density at radius 2 is 2.09 bits per heavy atom. The van der Waals surface area contributed by atoms with Crippen LogP contribution in [0.2, 0.25) is 0 Å². The third kappa shape index (κ3) is 5.79. The average molecular weight is 346 g/mol. The fraction of sp³-hybridized carbons (Fsp3) is 0.500. The number of anilines is 1. The summed E-state index contributed by atoms with van der Waals surface area (Å²) < 4.78 is 31.5. The summed E-state index contributed by atoms with van der Waals surface area (Å²) >= 11 is 0. The average Bonchev–Trinajstić information content (AvgIpc) is 2.47. The number of carboxylic acids is 1. The molecule has 0 bridgehead atoms. The van der Waals surface area contributed by atoms with Crippen LogP contribution in [0.4, 0.5) is 5.69 Å². The van der Waals surface area contributed by atoms with Gasteiger partial charge in [-0.3, -0.25) is 0 Å². The van der Waals surface area contributed by atoms with Crippen LogP contribution in [0.5, 0.6) is 0 Å². The molecule has 0 fully saturated rings. The SMILES string of the molecule is COC[C@@H](C)Nc1ccc(S(=O)(=O)NCCCO)cc1C(=O)O. The number of aliphatic hydroxyl groups is 1. The third-order valence-corrected chi connectivity index (χ3v) is 4.44. The minimum Gasteiger partial charge on any atom is -0.478 e. The van der Waals surface area contributed by atoms with Crippen LogP contribution >= 0.6 is 0 Å². The second-order valence-corrected chi connectivity index (χ2v) is 6.76. The zero-order valence-corrected chi connectivity index (χ0v) is 13.9. The van der Waals surface area contributed by atoms with Crippen LogP contribution in [0.25, 0.3) is 0 Å². The van der Waals surface area contributed by atoms with Gasteiger partial charge in [-0.2, -0.15) is 0 Å². The van der Waals surface area contributed by atoms with Gasteiger partial charge in [-0.1, -0.05) is 0 Å². The van der Waals surface area contributed by atoms with Gasteiger partial charge in [0.05, 0.1) is 17.1 Å². The van der Waals surface area contributed by atoms with Crippen molar-refractivity contribution in [1.29, 1.82) is 0 Å². The smallest absolute Gasteiger partial charge is 0.337 e. The van der Waals surface area contributed by atoms with Crippen molar-refractivity contribution in [2.24, 2.45) is 0 Å². The molecule has 1 aromatic rings. The summed E-state index contributed by atoms with van der Waals surface area (Å²) in [5, 5.41) is 20.9. The topological polar surface area (TPSA) is 125 Å². The fourth-order valence-corrected chi connectivity index (χ4v) is 3.02. The molecule has 9 heteroatoms. The Labute approximate surface area is 135 Å². The molecule has 0 aliphatic carbocycles. The van der Waals surface area contributed by atoms with Gasteiger partial charge in [-0.15, -0.1) is 0 Å². The molecule has 1 rings (SSSR count). The monoisotopic (exact) mass is 346 g/mol. The summed E-state index contributed by atoms with van der Waals surface area (Å²) in [6, 6.07) is 3.71. The summed E-state index contributed by atoms with van der Waals surface area (Å²) in [5.41, 5.74) is 0.175. The van der Waals surface area contributed by atoms with Gasteiger partial charge in [-0.25, -0.2) is 17.9 Å². The second kappa shape index (κ2) is 8.82. The van der Waals surface area contributed by atoms with Crippen LogP contribution in [-0.4, -0.2) is 57.5 Å². The number of aliphatic hydroxyl groups excluding tert-OH is 1. The molecule has 0 saturated heterocycles. The third-order valence-electron chi connectivity index (χ3n) is 2.98. The number of sulfonamides is 1. The number of hydrogen-bond donors (Lipinski definition) is 4. The number of ether oxygens (including phenoxy) is 1. The van der Waals surface area contributed by atoms with Gasteiger partial charge in [0.15, 0.2) is 0 Å². The number of hydrogen-bond acceptors (Lipinski definition) is 6. The van der Waals surface area contributed by atoms with Crippen LogP contribution < -0.4 is 10.0 Å². The summed E-state index contributed by atoms with van der Waals surface area (Å²) in [6.07, 6.45) is 0.277. The Bertz CT molecular complexity index is 632. The number of methoxy groups -OCH3 is 1.